The number of benzene rings is 1. The second-order valence-corrected chi connectivity index (χ2v) is 7.60. The summed E-state index contributed by atoms with van der Waals surface area (Å²) in [7, 11) is -2.85. The van der Waals surface area contributed by atoms with Crippen molar-refractivity contribution >= 4 is 25.6 Å². The molecule has 0 aliphatic rings. The Morgan fingerprint density at radius 1 is 0.900 bits per heavy atom. The number of halogens is 1. The molecule has 0 bridgehead atoms. The van der Waals surface area contributed by atoms with Gasteiger partial charge in [0.05, 0.1) is 0 Å². The largest absolute Gasteiger partial charge is 0.537 e. The second-order valence-electron chi connectivity index (χ2n) is 4.61. The Kier molecular flexibility index (Phi) is 8.41. The molecule has 0 aromatic heterocycles. The van der Waals surface area contributed by atoms with E-state index in [0.717, 1.165) is 24.4 Å². The van der Waals surface area contributed by atoms with Crippen molar-refractivity contribution in [1.29, 1.82) is 0 Å². The topological polar surface area (TPSA) is 27.7 Å². The van der Waals surface area contributed by atoms with E-state index in [4.69, 9.17) is 24.9 Å². The van der Waals surface area contributed by atoms with Crippen LogP contribution in [0.1, 0.15) is 40.0 Å². The second kappa shape index (κ2) is 9.53. The molecule has 3 nitrogen and oxygen atoms in total. The van der Waals surface area contributed by atoms with E-state index in [0.29, 0.717) is 24.8 Å². The summed E-state index contributed by atoms with van der Waals surface area (Å²) in [5.41, 5.74) is 0. The van der Waals surface area contributed by atoms with E-state index in [2.05, 4.69) is 20.8 Å². The standard InChI is InChI=1S/C15H25ClO3Si/c1-4-10-17-20(18-11-5-2,19-12-6-3)15-9-7-8-14(16)13-15/h7-9,13H,4-6,10-12H2,1-3H3. The maximum atomic E-state index is 6.11. The fourth-order valence-corrected chi connectivity index (χ4v) is 4.85. The van der Waals surface area contributed by atoms with E-state index < -0.39 is 8.80 Å². The SMILES string of the molecule is CCCO[Si](OCCC)(OCCC)c1cccc(Cl)c1. The van der Waals surface area contributed by atoms with Gasteiger partial charge in [0, 0.05) is 30.0 Å². The van der Waals surface area contributed by atoms with Crippen LogP contribution in [0.15, 0.2) is 24.3 Å². The molecule has 5 heteroatoms. The highest BCUT2D eigenvalue weighted by atomic mass is 35.5. The first-order valence-corrected chi connectivity index (χ1v) is 9.46. The molecule has 1 aromatic carbocycles. The molecule has 0 heterocycles. The van der Waals surface area contributed by atoms with Crippen molar-refractivity contribution in [3.8, 4) is 0 Å². The minimum Gasteiger partial charge on any atom is -0.370 e. The van der Waals surface area contributed by atoms with Crippen LogP contribution in [-0.2, 0) is 13.3 Å². The molecule has 0 aliphatic heterocycles. The van der Waals surface area contributed by atoms with Crippen LogP contribution in [0.5, 0.6) is 0 Å². The molecule has 0 amide bonds. The Balaban J connectivity index is 3.04. The maximum Gasteiger partial charge on any atom is 0.537 e. The quantitative estimate of drug-likeness (QED) is 0.615. The number of hydrogen-bond acceptors (Lipinski definition) is 3. The van der Waals surface area contributed by atoms with Crippen LogP contribution in [0.4, 0.5) is 0 Å². The zero-order chi connectivity index (χ0) is 14.8. The highest BCUT2D eigenvalue weighted by Crippen LogP contribution is 2.15. The zero-order valence-corrected chi connectivity index (χ0v) is 14.4. The lowest BCUT2D eigenvalue weighted by molar-refractivity contribution is 0.0732. The van der Waals surface area contributed by atoms with Gasteiger partial charge in [-0.2, -0.15) is 0 Å². The minimum absolute atomic E-state index is 0.631. The van der Waals surface area contributed by atoms with Gasteiger partial charge in [0.2, 0.25) is 0 Å². The van der Waals surface area contributed by atoms with E-state index in [1.165, 1.54) is 0 Å². The number of rotatable bonds is 10. The van der Waals surface area contributed by atoms with Crippen molar-refractivity contribution in [3.63, 3.8) is 0 Å². The third kappa shape index (κ3) is 5.18. The predicted molar refractivity (Wildman–Crippen MR) is 85.6 cm³/mol. The predicted octanol–water partition coefficient (Wildman–Crippen LogP) is 3.77. The Morgan fingerprint density at radius 3 is 1.80 bits per heavy atom. The molecule has 0 saturated heterocycles. The maximum absolute atomic E-state index is 6.11. The molecular weight excluding hydrogens is 292 g/mol. The van der Waals surface area contributed by atoms with Gasteiger partial charge >= 0.3 is 8.80 Å². The summed E-state index contributed by atoms with van der Waals surface area (Å²) in [5, 5.41) is 1.63. The molecule has 0 unspecified atom stereocenters. The van der Waals surface area contributed by atoms with Gasteiger partial charge < -0.3 is 13.3 Å². The van der Waals surface area contributed by atoms with Crippen molar-refractivity contribution in [1.82, 2.24) is 0 Å². The van der Waals surface area contributed by atoms with E-state index in [1.807, 2.05) is 24.3 Å². The van der Waals surface area contributed by atoms with Gasteiger partial charge in [-0.1, -0.05) is 44.5 Å². The van der Waals surface area contributed by atoms with E-state index >= 15 is 0 Å². The van der Waals surface area contributed by atoms with Crippen molar-refractivity contribution in [2.45, 2.75) is 40.0 Å². The van der Waals surface area contributed by atoms with E-state index in [9.17, 15) is 0 Å². The summed E-state index contributed by atoms with van der Waals surface area (Å²) >= 11 is 6.11. The summed E-state index contributed by atoms with van der Waals surface area (Å²) in [5.74, 6) is 0. The van der Waals surface area contributed by atoms with Crippen LogP contribution in [0.25, 0.3) is 0 Å². The normalized spacial score (nSPS) is 11.8. The van der Waals surface area contributed by atoms with Crippen LogP contribution in [0.3, 0.4) is 0 Å². The molecule has 0 saturated carbocycles. The summed E-state index contributed by atoms with van der Waals surface area (Å²) in [6.07, 6.45) is 2.79. The molecule has 0 radical (unpaired) electrons. The average molecular weight is 317 g/mol. The minimum atomic E-state index is -2.85. The van der Waals surface area contributed by atoms with Gasteiger partial charge in [-0.05, 0) is 31.4 Å². The van der Waals surface area contributed by atoms with Crippen LogP contribution in [0.2, 0.25) is 5.02 Å². The van der Waals surface area contributed by atoms with Crippen LogP contribution < -0.4 is 5.19 Å². The lowest BCUT2D eigenvalue weighted by Gasteiger charge is -2.29. The third-order valence-electron chi connectivity index (χ3n) is 2.67. The molecular formula is C15H25ClO3Si. The van der Waals surface area contributed by atoms with E-state index in [-0.39, 0.29) is 0 Å². The molecule has 20 heavy (non-hydrogen) atoms. The van der Waals surface area contributed by atoms with Crippen molar-refractivity contribution in [2.75, 3.05) is 19.8 Å². The molecule has 0 N–H and O–H groups in total. The van der Waals surface area contributed by atoms with Crippen molar-refractivity contribution < 1.29 is 13.3 Å². The van der Waals surface area contributed by atoms with Gasteiger partial charge in [-0.3, -0.25) is 0 Å². The van der Waals surface area contributed by atoms with Gasteiger partial charge in [0.1, 0.15) is 0 Å². The molecule has 1 rings (SSSR count). The molecule has 0 fully saturated rings. The summed E-state index contributed by atoms with van der Waals surface area (Å²) in [4.78, 5) is 0. The van der Waals surface area contributed by atoms with Crippen molar-refractivity contribution in [2.24, 2.45) is 0 Å². The molecule has 0 atom stereocenters. The first kappa shape index (κ1) is 17.7. The average Bonchev–Trinajstić information content (AvgIpc) is 2.47. The smallest absolute Gasteiger partial charge is 0.370 e. The summed E-state index contributed by atoms with van der Waals surface area (Å²) in [6, 6.07) is 7.65. The molecule has 114 valence electrons. The Labute approximate surface area is 128 Å². The van der Waals surface area contributed by atoms with Crippen LogP contribution in [-0.4, -0.2) is 28.6 Å². The zero-order valence-electron chi connectivity index (χ0n) is 12.7. The lowest BCUT2D eigenvalue weighted by Crippen LogP contribution is -2.57. The monoisotopic (exact) mass is 316 g/mol. The first-order valence-electron chi connectivity index (χ1n) is 7.36. The molecule has 1 aromatic rings. The Morgan fingerprint density at radius 2 is 1.40 bits per heavy atom. The van der Waals surface area contributed by atoms with E-state index in [1.54, 1.807) is 0 Å². The molecule has 0 aliphatic carbocycles. The van der Waals surface area contributed by atoms with Crippen molar-refractivity contribution in [3.05, 3.63) is 29.3 Å². The van der Waals surface area contributed by atoms with Gasteiger partial charge in [0.25, 0.3) is 0 Å². The highest BCUT2D eigenvalue weighted by Gasteiger charge is 2.43. The van der Waals surface area contributed by atoms with Gasteiger partial charge in [-0.25, -0.2) is 0 Å². The number of hydrogen-bond donors (Lipinski definition) is 0. The highest BCUT2D eigenvalue weighted by molar-refractivity contribution is 6.75. The van der Waals surface area contributed by atoms with Crippen LogP contribution >= 0.6 is 11.6 Å². The van der Waals surface area contributed by atoms with Gasteiger partial charge in [0.15, 0.2) is 0 Å². The Hall–Kier alpha value is -0.393. The summed E-state index contributed by atoms with van der Waals surface area (Å²) in [6.45, 7) is 8.13. The summed E-state index contributed by atoms with van der Waals surface area (Å²) < 4.78 is 18.2. The fourth-order valence-electron chi connectivity index (χ4n) is 1.76. The first-order chi connectivity index (χ1) is 9.68. The van der Waals surface area contributed by atoms with Gasteiger partial charge in [-0.15, -0.1) is 0 Å². The lowest BCUT2D eigenvalue weighted by atomic mass is 10.4. The Bertz CT molecular complexity index is 365. The third-order valence-corrected chi connectivity index (χ3v) is 5.67. The molecule has 0 spiro atoms. The fraction of sp³-hybridized carbons (Fsp3) is 0.600. The van der Waals surface area contributed by atoms with Crippen LogP contribution in [0, 0.1) is 0 Å².